The second-order valence-corrected chi connectivity index (χ2v) is 5.48. The second-order valence-electron chi connectivity index (χ2n) is 5.48. The summed E-state index contributed by atoms with van der Waals surface area (Å²) in [5.74, 6) is -0.278. The van der Waals surface area contributed by atoms with Gasteiger partial charge in [-0.3, -0.25) is 4.79 Å². The minimum Gasteiger partial charge on any atom is -0.376 e. The molecule has 0 aliphatic carbocycles. The molecule has 0 heterocycles. The van der Waals surface area contributed by atoms with Crippen LogP contribution in [0.15, 0.2) is 42.5 Å². The summed E-state index contributed by atoms with van der Waals surface area (Å²) in [6.07, 6.45) is 0. The maximum Gasteiger partial charge on any atom is 0.241 e. The van der Waals surface area contributed by atoms with E-state index >= 15 is 0 Å². The Morgan fingerprint density at radius 1 is 1.14 bits per heavy atom. The predicted octanol–water partition coefficient (Wildman–Crippen LogP) is 3.51. The van der Waals surface area contributed by atoms with E-state index in [0.717, 1.165) is 16.8 Å². The number of amides is 1. The first-order valence-electron chi connectivity index (χ1n) is 7.26. The Kier molecular flexibility index (Phi) is 5.15. The highest BCUT2D eigenvalue weighted by atomic mass is 19.1. The van der Waals surface area contributed by atoms with Crippen molar-refractivity contribution in [3.05, 3.63) is 65.0 Å². The van der Waals surface area contributed by atoms with Crippen LogP contribution < -0.4 is 5.32 Å². The summed E-state index contributed by atoms with van der Waals surface area (Å²) < 4.78 is 12.9. The predicted molar refractivity (Wildman–Crippen MR) is 87.3 cm³/mol. The van der Waals surface area contributed by atoms with Gasteiger partial charge in [0.15, 0.2) is 0 Å². The molecule has 0 unspecified atom stereocenters. The van der Waals surface area contributed by atoms with Crippen LogP contribution in [0.3, 0.4) is 0 Å². The van der Waals surface area contributed by atoms with Gasteiger partial charge in [-0.25, -0.2) is 4.39 Å². The summed E-state index contributed by atoms with van der Waals surface area (Å²) in [5, 5.41) is 3.18. The fourth-order valence-corrected chi connectivity index (χ4v) is 2.20. The molecule has 0 aromatic heterocycles. The van der Waals surface area contributed by atoms with Crippen molar-refractivity contribution in [1.29, 1.82) is 0 Å². The average molecular weight is 300 g/mol. The monoisotopic (exact) mass is 300 g/mol. The maximum absolute atomic E-state index is 12.9. The van der Waals surface area contributed by atoms with Crippen LogP contribution in [0, 0.1) is 19.7 Å². The molecule has 3 nitrogen and oxygen atoms in total. The van der Waals surface area contributed by atoms with Crippen molar-refractivity contribution >= 4 is 11.6 Å². The van der Waals surface area contributed by atoms with E-state index in [1.807, 2.05) is 32.0 Å². The highest BCUT2D eigenvalue weighted by Crippen LogP contribution is 2.17. The number of halogens is 1. The number of hydrogen-bond donors (Lipinski definition) is 1. The fraction of sp³-hybridized carbons (Fsp3) is 0.278. The third kappa shape index (κ3) is 4.07. The molecule has 0 atom stereocenters. The minimum absolute atomic E-state index is 0.00905. The van der Waals surface area contributed by atoms with Crippen LogP contribution in [0.1, 0.15) is 16.7 Å². The first-order chi connectivity index (χ1) is 10.5. The number of likely N-dealkylation sites (N-methyl/N-ethyl adjacent to an activating group) is 1. The van der Waals surface area contributed by atoms with Crippen molar-refractivity contribution in [1.82, 2.24) is 4.90 Å². The molecule has 1 amide bonds. The highest BCUT2D eigenvalue weighted by Gasteiger charge is 2.10. The zero-order valence-corrected chi connectivity index (χ0v) is 13.2. The Balaban J connectivity index is 1.91. The van der Waals surface area contributed by atoms with Gasteiger partial charge in [0.25, 0.3) is 0 Å². The number of carbonyl (C=O) groups excluding carboxylic acids is 1. The Bertz CT molecular complexity index is 653. The zero-order valence-electron chi connectivity index (χ0n) is 13.2. The summed E-state index contributed by atoms with van der Waals surface area (Å²) in [6.45, 7) is 4.78. The van der Waals surface area contributed by atoms with Crippen molar-refractivity contribution < 1.29 is 9.18 Å². The number of carbonyl (C=O) groups is 1. The topological polar surface area (TPSA) is 32.3 Å². The quantitative estimate of drug-likeness (QED) is 0.916. The van der Waals surface area contributed by atoms with Gasteiger partial charge in [0.05, 0.1) is 6.54 Å². The van der Waals surface area contributed by atoms with Gasteiger partial charge in [-0.15, -0.1) is 0 Å². The summed E-state index contributed by atoms with van der Waals surface area (Å²) in [7, 11) is 1.75. The van der Waals surface area contributed by atoms with Gasteiger partial charge < -0.3 is 10.2 Å². The molecule has 4 heteroatoms. The molecule has 116 valence electrons. The molecule has 0 saturated heterocycles. The fourth-order valence-electron chi connectivity index (χ4n) is 2.20. The van der Waals surface area contributed by atoms with Crippen LogP contribution in [-0.4, -0.2) is 24.4 Å². The lowest BCUT2D eigenvalue weighted by atomic mass is 10.1. The van der Waals surface area contributed by atoms with Gasteiger partial charge in [0.2, 0.25) is 5.91 Å². The van der Waals surface area contributed by atoms with Crippen LogP contribution >= 0.6 is 0 Å². The molecule has 2 aromatic carbocycles. The van der Waals surface area contributed by atoms with Gasteiger partial charge >= 0.3 is 0 Å². The SMILES string of the molecule is Cc1cccc(NCC(=O)N(C)Cc2ccc(F)cc2)c1C. The summed E-state index contributed by atoms with van der Waals surface area (Å²) in [5.41, 5.74) is 4.22. The van der Waals surface area contributed by atoms with Crippen molar-refractivity contribution in [3.63, 3.8) is 0 Å². The smallest absolute Gasteiger partial charge is 0.241 e. The number of benzene rings is 2. The van der Waals surface area contributed by atoms with E-state index < -0.39 is 0 Å². The number of nitrogens with one attached hydrogen (secondary N) is 1. The van der Waals surface area contributed by atoms with Crippen molar-refractivity contribution in [2.75, 3.05) is 18.9 Å². The van der Waals surface area contributed by atoms with E-state index in [1.165, 1.54) is 17.7 Å². The average Bonchev–Trinajstić information content (AvgIpc) is 2.50. The van der Waals surface area contributed by atoms with Crippen LogP contribution in [-0.2, 0) is 11.3 Å². The minimum atomic E-state index is -0.269. The molecule has 0 spiro atoms. The third-order valence-corrected chi connectivity index (χ3v) is 3.79. The number of anilines is 1. The second kappa shape index (κ2) is 7.07. The van der Waals surface area contributed by atoms with Gasteiger partial charge in [0.1, 0.15) is 5.82 Å². The molecule has 0 saturated carbocycles. The molecule has 0 fully saturated rings. The molecule has 22 heavy (non-hydrogen) atoms. The Hall–Kier alpha value is -2.36. The highest BCUT2D eigenvalue weighted by molar-refractivity contribution is 5.81. The lowest BCUT2D eigenvalue weighted by molar-refractivity contribution is -0.128. The van der Waals surface area contributed by atoms with Gasteiger partial charge in [0, 0.05) is 19.3 Å². The lowest BCUT2D eigenvalue weighted by Gasteiger charge is -2.19. The van der Waals surface area contributed by atoms with Crippen LogP contribution in [0.5, 0.6) is 0 Å². The first-order valence-corrected chi connectivity index (χ1v) is 7.26. The number of rotatable bonds is 5. The molecular weight excluding hydrogens is 279 g/mol. The number of aryl methyl sites for hydroxylation is 1. The van der Waals surface area contributed by atoms with E-state index in [2.05, 4.69) is 5.32 Å². The van der Waals surface area contributed by atoms with E-state index in [-0.39, 0.29) is 18.3 Å². The van der Waals surface area contributed by atoms with Crippen molar-refractivity contribution in [3.8, 4) is 0 Å². The van der Waals surface area contributed by atoms with E-state index in [0.29, 0.717) is 6.54 Å². The molecule has 1 N–H and O–H groups in total. The molecule has 2 aromatic rings. The number of hydrogen-bond acceptors (Lipinski definition) is 2. The Morgan fingerprint density at radius 2 is 1.82 bits per heavy atom. The normalized spacial score (nSPS) is 10.4. The summed E-state index contributed by atoms with van der Waals surface area (Å²) in [4.78, 5) is 13.8. The van der Waals surface area contributed by atoms with Gasteiger partial charge in [-0.05, 0) is 48.7 Å². The van der Waals surface area contributed by atoms with Gasteiger partial charge in [-0.1, -0.05) is 24.3 Å². The van der Waals surface area contributed by atoms with E-state index in [4.69, 9.17) is 0 Å². The van der Waals surface area contributed by atoms with Crippen LogP contribution in [0.4, 0.5) is 10.1 Å². The molecule has 0 radical (unpaired) electrons. The first kappa shape index (κ1) is 16.0. The zero-order chi connectivity index (χ0) is 16.1. The molecule has 0 aliphatic heterocycles. The molecule has 0 bridgehead atoms. The summed E-state index contributed by atoms with van der Waals surface area (Å²) in [6, 6.07) is 12.2. The van der Waals surface area contributed by atoms with Crippen molar-refractivity contribution in [2.45, 2.75) is 20.4 Å². The largest absolute Gasteiger partial charge is 0.376 e. The Morgan fingerprint density at radius 3 is 2.50 bits per heavy atom. The molecule has 0 aliphatic rings. The standard InChI is InChI=1S/C18H21FN2O/c1-13-5-4-6-17(14(13)2)20-11-18(22)21(3)12-15-7-9-16(19)10-8-15/h4-10,20H,11-12H2,1-3H3. The van der Waals surface area contributed by atoms with Crippen LogP contribution in [0.25, 0.3) is 0 Å². The lowest BCUT2D eigenvalue weighted by Crippen LogP contribution is -2.31. The van der Waals surface area contributed by atoms with Crippen molar-refractivity contribution in [2.24, 2.45) is 0 Å². The Labute approximate surface area is 130 Å². The molecular formula is C18H21FN2O. The van der Waals surface area contributed by atoms with Gasteiger partial charge in [-0.2, -0.15) is 0 Å². The van der Waals surface area contributed by atoms with Crippen LogP contribution in [0.2, 0.25) is 0 Å². The third-order valence-electron chi connectivity index (χ3n) is 3.79. The number of nitrogens with zero attached hydrogens (tertiary/aromatic N) is 1. The molecule has 2 rings (SSSR count). The maximum atomic E-state index is 12.9. The van der Waals surface area contributed by atoms with E-state index in [1.54, 1.807) is 24.1 Å². The summed E-state index contributed by atoms with van der Waals surface area (Å²) >= 11 is 0. The van der Waals surface area contributed by atoms with E-state index in [9.17, 15) is 9.18 Å².